The molecule has 0 aliphatic carbocycles. The molecule has 0 saturated heterocycles. The summed E-state index contributed by atoms with van der Waals surface area (Å²) in [5.74, 6) is 0. The summed E-state index contributed by atoms with van der Waals surface area (Å²) in [5, 5.41) is 8.01. The summed E-state index contributed by atoms with van der Waals surface area (Å²) >= 11 is 0. The highest BCUT2D eigenvalue weighted by Gasteiger charge is 2.17. The third-order valence-corrected chi connectivity index (χ3v) is 7.52. The number of nitrogens with zero attached hydrogens (tertiary/aromatic N) is 3. The first-order valence-electron chi connectivity index (χ1n) is 12.8. The Morgan fingerprint density at radius 1 is 0.632 bits per heavy atom. The fourth-order valence-electron chi connectivity index (χ4n) is 5.79. The minimum atomic E-state index is 0.825. The number of fused-ring (bicyclic) bond motifs is 7. The number of nitrogens with one attached hydrogen (secondary N) is 1. The molecule has 0 saturated carbocycles. The van der Waals surface area contributed by atoms with E-state index in [-0.39, 0.29) is 0 Å². The van der Waals surface area contributed by atoms with Crippen LogP contribution in [0.4, 0.5) is 5.69 Å². The zero-order valence-corrected chi connectivity index (χ0v) is 20.5. The Morgan fingerprint density at radius 2 is 1.42 bits per heavy atom. The molecular formula is C34H22N4. The maximum absolute atomic E-state index is 5.05. The first-order chi connectivity index (χ1) is 18.8. The number of rotatable bonds is 2. The molecule has 4 heteroatoms. The second-order valence-corrected chi connectivity index (χ2v) is 9.69. The second-order valence-electron chi connectivity index (χ2n) is 9.69. The van der Waals surface area contributed by atoms with Gasteiger partial charge in [-0.25, -0.2) is 4.98 Å². The molecule has 0 bridgehead atoms. The van der Waals surface area contributed by atoms with Gasteiger partial charge in [-0.2, -0.15) is 0 Å². The van der Waals surface area contributed by atoms with Crippen LogP contribution in [-0.2, 0) is 0 Å². The molecule has 38 heavy (non-hydrogen) atoms. The number of aromatic nitrogens is 3. The molecule has 0 unspecified atom stereocenters. The van der Waals surface area contributed by atoms with Gasteiger partial charge in [-0.15, -0.1) is 0 Å². The molecule has 3 aromatic heterocycles. The lowest BCUT2D eigenvalue weighted by atomic mass is 9.92. The Morgan fingerprint density at radius 3 is 2.34 bits per heavy atom. The van der Waals surface area contributed by atoms with Gasteiger partial charge in [-0.1, -0.05) is 78.9 Å². The summed E-state index contributed by atoms with van der Waals surface area (Å²) in [5.41, 5.74) is 10.8. The molecule has 0 fully saturated rings. The maximum Gasteiger partial charge on any atom is 0.0978 e. The van der Waals surface area contributed by atoms with Crippen molar-refractivity contribution in [2.24, 2.45) is 0 Å². The maximum atomic E-state index is 5.05. The highest BCUT2D eigenvalue weighted by Crippen LogP contribution is 2.40. The van der Waals surface area contributed by atoms with E-state index in [0.29, 0.717) is 0 Å². The van der Waals surface area contributed by atoms with Crippen molar-refractivity contribution in [2.75, 3.05) is 11.9 Å². The lowest BCUT2D eigenvalue weighted by Crippen LogP contribution is -2.06. The smallest absolute Gasteiger partial charge is 0.0978 e. The number of benzene rings is 4. The zero-order chi connectivity index (χ0) is 25.1. The van der Waals surface area contributed by atoms with E-state index in [1.54, 1.807) is 0 Å². The van der Waals surface area contributed by atoms with Gasteiger partial charge in [-0.05, 0) is 41.0 Å². The first-order valence-corrected chi connectivity index (χ1v) is 12.8. The summed E-state index contributed by atoms with van der Waals surface area (Å²) in [4.78, 5) is 14.5. The van der Waals surface area contributed by atoms with Gasteiger partial charge >= 0.3 is 0 Å². The van der Waals surface area contributed by atoms with Crippen LogP contribution in [0.5, 0.6) is 0 Å². The largest absolute Gasteiger partial charge is 0.379 e. The molecule has 0 atom stereocenters. The predicted octanol–water partition coefficient (Wildman–Crippen LogP) is 8.26. The highest BCUT2D eigenvalue weighted by molar-refractivity contribution is 6.16. The molecular weight excluding hydrogens is 464 g/mol. The van der Waals surface area contributed by atoms with Crippen molar-refractivity contribution in [3.8, 4) is 22.3 Å². The van der Waals surface area contributed by atoms with Gasteiger partial charge in [-0.3, -0.25) is 9.97 Å². The number of hydrogen-bond acceptors (Lipinski definition) is 4. The topological polar surface area (TPSA) is 50.7 Å². The molecule has 1 aliphatic heterocycles. The van der Waals surface area contributed by atoms with Crippen molar-refractivity contribution in [1.29, 1.82) is 0 Å². The van der Waals surface area contributed by atoms with Crippen LogP contribution in [-0.4, -0.2) is 21.5 Å². The van der Waals surface area contributed by atoms with Crippen molar-refractivity contribution < 1.29 is 0 Å². The molecule has 0 amide bonds. The Kier molecular flexibility index (Phi) is 4.55. The van der Waals surface area contributed by atoms with Gasteiger partial charge in [0.25, 0.3) is 0 Å². The third kappa shape index (κ3) is 3.14. The van der Waals surface area contributed by atoms with Gasteiger partial charge in [0.05, 0.1) is 27.8 Å². The normalized spacial score (nSPS) is 12.7. The van der Waals surface area contributed by atoms with E-state index in [1.807, 2.05) is 30.6 Å². The molecule has 178 valence electrons. The zero-order valence-electron chi connectivity index (χ0n) is 20.5. The Labute approximate surface area is 219 Å². The third-order valence-electron chi connectivity index (χ3n) is 7.52. The lowest BCUT2D eigenvalue weighted by molar-refractivity contribution is 1.30. The molecule has 7 aromatic rings. The van der Waals surface area contributed by atoms with Crippen molar-refractivity contribution in [3.05, 3.63) is 115 Å². The molecule has 1 N–H and O–H groups in total. The fraction of sp³-hybridized carbons (Fsp3) is 0.0294. The molecule has 0 spiro atoms. The van der Waals surface area contributed by atoms with Crippen molar-refractivity contribution >= 4 is 55.4 Å². The van der Waals surface area contributed by atoms with Crippen LogP contribution in [0.25, 0.3) is 71.9 Å². The van der Waals surface area contributed by atoms with Gasteiger partial charge < -0.3 is 5.32 Å². The average Bonchev–Trinajstić information content (AvgIpc) is 2.99. The van der Waals surface area contributed by atoms with Crippen LogP contribution in [0, 0.1) is 0 Å². The highest BCUT2D eigenvalue weighted by atomic mass is 14.9. The molecule has 1 aliphatic rings. The number of pyridine rings is 3. The summed E-state index contributed by atoms with van der Waals surface area (Å²) in [7, 11) is 0. The van der Waals surface area contributed by atoms with E-state index < -0.39 is 0 Å². The summed E-state index contributed by atoms with van der Waals surface area (Å²) < 4.78 is 0. The minimum Gasteiger partial charge on any atom is -0.379 e. The summed E-state index contributed by atoms with van der Waals surface area (Å²) in [6.45, 7) is 0.825. The van der Waals surface area contributed by atoms with E-state index in [9.17, 15) is 0 Å². The number of anilines is 1. The molecule has 4 aromatic carbocycles. The number of para-hydroxylation sites is 1. The molecule has 4 nitrogen and oxygen atoms in total. The van der Waals surface area contributed by atoms with E-state index in [0.717, 1.165) is 61.4 Å². The summed E-state index contributed by atoms with van der Waals surface area (Å²) in [6.07, 6.45) is 8.05. The quantitative estimate of drug-likeness (QED) is 0.197. The Balaban J connectivity index is 1.36. The van der Waals surface area contributed by atoms with Crippen LogP contribution < -0.4 is 5.32 Å². The van der Waals surface area contributed by atoms with E-state index in [1.165, 1.54) is 22.3 Å². The van der Waals surface area contributed by atoms with Crippen LogP contribution in [0.15, 0.2) is 109 Å². The van der Waals surface area contributed by atoms with E-state index in [2.05, 4.69) is 95.2 Å². The van der Waals surface area contributed by atoms with E-state index >= 15 is 0 Å². The first kappa shape index (κ1) is 21.0. The van der Waals surface area contributed by atoms with Crippen LogP contribution in [0.2, 0.25) is 0 Å². The fourth-order valence-corrected chi connectivity index (χ4v) is 5.79. The monoisotopic (exact) mass is 486 g/mol. The summed E-state index contributed by atoms with van der Waals surface area (Å²) in [6, 6.07) is 32.1. The van der Waals surface area contributed by atoms with Crippen LogP contribution >= 0.6 is 0 Å². The number of hydrogen-bond donors (Lipinski definition) is 1. The Hall–Kier alpha value is -5.09. The Bertz CT molecular complexity index is 2070. The van der Waals surface area contributed by atoms with Crippen LogP contribution in [0.3, 0.4) is 0 Å². The van der Waals surface area contributed by atoms with Crippen molar-refractivity contribution in [2.45, 2.75) is 0 Å². The SMILES string of the molecule is C1=Cc2cc(-c3ccc(-c4c5ccccc5nc5c4ccc4cccnc45)cc3)c3cccnc3c2NC1. The lowest BCUT2D eigenvalue weighted by Gasteiger charge is -2.18. The van der Waals surface area contributed by atoms with Gasteiger partial charge in [0.15, 0.2) is 0 Å². The van der Waals surface area contributed by atoms with Gasteiger partial charge in [0.2, 0.25) is 0 Å². The van der Waals surface area contributed by atoms with Crippen LogP contribution in [0.1, 0.15) is 5.56 Å². The second kappa shape index (κ2) is 8.22. The van der Waals surface area contributed by atoms with Gasteiger partial charge in [0.1, 0.15) is 0 Å². The van der Waals surface area contributed by atoms with Crippen molar-refractivity contribution in [3.63, 3.8) is 0 Å². The van der Waals surface area contributed by atoms with Gasteiger partial charge in [0, 0.05) is 51.6 Å². The average molecular weight is 487 g/mol. The predicted molar refractivity (Wildman–Crippen MR) is 158 cm³/mol. The molecule has 8 rings (SSSR count). The molecule has 4 heterocycles. The van der Waals surface area contributed by atoms with Crippen molar-refractivity contribution in [1.82, 2.24) is 15.0 Å². The van der Waals surface area contributed by atoms with E-state index in [4.69, 9.17) is 9.97 Å². The minimum absolute atomic E-state index is 0.825. The standard InChI is InChI=1S/C34H22N4/c1-2-10-29-26(8-1)30(27-16-15-23-6-3-17-35-31(23)34(27)38-29)22-13-11-21(12-14-22)28-20-24-7-4-18-36-32(24)33-25(28)9-5-19-37-33/h1-17,19-20,36H,18H2. The molecule has 0 radical (unpaired) electrons.